The number of hydrogen-bond acceptors (Lipinski definition) is 4. The SMILES string of the molecule is CC(CCN(C)C)Nc1ccncc1N. The standard InChI is InChI=1S/C11H20N4/c1-9(5-7-15(2)3)14-11-4-6-13-8-10(11)12/h4,6,8-9H,5,7,12H2,1-3H3,(H,13,14). The van der Waals surface area contributed by atoms with Crippen molar-refractivity contribution < 1.29 is 0 Å². The van der Waals surface area contributed by atoms with Crippen molar-refractivity contribution in [3.63, 3.8) is 0 Å². The third-order valence-electron chi connectivity index (χ3n) is 2.26. The van der Waals surface area contributed by atoms with Crippen LogP contribution in [-0.4, -0.2) is 36.6 Å². The van der Waals surface area contributed by atoms with E-state index >= 15 is 0 Å². The number of nitrogens with two attached hydrogens (primary N) is 1. The lowest BCUT2D eigenvalue weighted by Gasteiger charge is -2.18. The van der Waals surface area contributed by atoms with Gasteiger partial charge in [-0.15, -0.1) is 0 Å². The number of hydrogen-bond donors (Lipinski definition) is 2. The van der Waals surface area contributed by atoms with Gasteiger partial charge in [0.1, 0.15) is 0 Å². The van der Waals surface area contributed by atoms with Crippen LogP contribution in [0.25, 0.3) is 0 Å². The highest BCUT2D eigenvalue weighted by Crippen LogP contribution is 2.16. The largest absolute Gasteiger partial charge is 0.396 e. The van der Waals surface area contributed by atoms with Crippen molar-refractivity contribution in [1.82, 2.24) is 9.88 Å². The predicted octanol–water partition coefficient (Wildman–Crippen LogP) is 1.42. The van der Waals surface area contributed by atoms with Gasteiger partial charge in [-0.2, -0.15) is 0 Å². The Morgan fingerprint density at radius 1 is 1.53 bits per heavy atom. The average Bonchev–Trinajstić information content (AvgIpc) is 2.18. The summed E-state index contributed by atoms with van der Waals surface area (Å²) in [5.74, 6) is 0. The van der Waals surface area contributed by atoms with Gasteiger partial charge in [-0.3, -0.25) is 4.98 Å². The molecule has 0 saturated heterocycles. The Morgan fingerprint density at radius 2 is 2.27 bits per heavy atom. The molecule has 84 valence electrons. The van der Waals surface area contributed by atoms with E-state index in [0.717, 1.165) is 18.7 Å². The lowest BCUT2D eigenvalue weighted by atomic mass is 10.2. The van der Waals surface area contributed by atoms with Crippen LogP contribution >= 0.6 is 0 Å². The third-order valence-corrected chi connectivity index (χ3v) is 2.26. The highest BCUT2D eigenvalue weighted by molar-refractivity contribution is 5.64. The number of aromatic nitrogens is 1. The zero-order valence-electron chi connectivity index (χ0n) is 9.70. The molecule has 4 nitrogen and oxygen atoms in total. The van der Waals surface area contributed by atoms with E-state index in [4.69, 9.17) is 5.73 Å². The summed E-state index contributed by atoms with van der Waals surface area (Å²) in [5, 5.41) is 3.37. The first-order valence-electron chi connectivity index (χ1n) is 5.20. The Labute approximate surface area is 91.5 Å². The molecule has 3 N–H and O–H groups in total. The minimum atomic E-state index is 0.414. The van der Waals surface area contributed by atoms with Crippen LogP contribution in [0.15, 0.2) is 18.5 Å². The maximum Gasteiger partial charge on any atom is 0.0736 e. The minimum Gasteiger partial charge on any atom is -0.396 e. The summed E-state index contributed by atoms with van der Waals surface area (Å²) in [6.07, 6.45) is 4.51. The highest BCUT2D eigenvalue weighted by atomic mass is 15.1. The summed E-state index contributed by atoms with van der Waals surface area (Å²) in [6.45, 7) is 3.22. The van der Waals surface area contributed by atoms with Gasteiger partial charge in [0.25, 0.3) is 0 Å². The summed E-state index contributed by atoms with van der Waals surface area (Å²) < 4.78 is 0. The van der Waals surface area contributed by atoms with Gasteiger partial charge in [0.2, 0.25) is 0 Å². The Morgan fingerprint density at radius 3 is 2.87 bits per heavy atom. The fourth-order valence-electron chi connectivity index (χ4n) is 1.33. The van der Waals surface area contributed by atoms with Crippen molar-refractivity contribution in [2.45, 2.75) is 19.4 Å². The summed E-state index contributed by atoms with van der Waals surface area (Å²) in [6, 6.07) is 2.32. The molecule has 1 heterocycles. The lowest BCUT2D eigenvalue weighted by Crippen LogP contribution is -2.23. The molecule has 0 radical (unpaired) electrons. The quantitative estimate of drug-likeness (QED) is 0.768. The first kappa shape index (κ1) is 11.8. The minimum absolute atomic E-state index is 0.414. The molecule has 1 aromatic rings. The molecule has 0 bridgehead atoms. The molecule has 0 aromatic carbocycles. The maximum atomic E-state index is 5.79. The lowest BCUT2D eigenvalue weighted by molar-refractivity contribution is 0.390. The molecule has 1 unspecified atom stereocenters. The first-order chi connectivity index (χ1) is 7.09. The Hall–Kier alpha value is -1.29. The molecular weight excluding hydrogens is 188 g/mol. The normalized spacial score (nSPS) is 12.8. The Kier molecular flexibility index (Phi) is 4.37. The number of nitrogens with zero attached hydrogens (tertiary/aromatic N) is 2. The van der Waals surface area contributed by atoms with E-state index in [1.165, 1.54) is 0 Å². The number of anilines is 2. The molecule has 4 heteroatoms. The van der Waals surface area contributed by atoms with Gasteiger partial charge in [0.15, 0.2) is 0 Å². The third kappa shape index (κ3) is 4.16. The van der Waals surface area contributed by atoms with Crippen LogP contribution in [0.1, 0.15) is 13.3 Å². The molecule has 0 aliphatic rings. The molecular formula is C11H20N4. The monoisotopic (exact) mass is 208 g/mol. The molecule has 0 amide bonds. The zero-order chi connectivity index (χ0) is 11.3. The van der Waals surface area contributed by atoms with E-state index in [9.17, 15) is 0 Å². The van der Waals surface area contributed by atoms with Crippen LogP contribution in [0, 0.1) is 0 Å². The Bertz CT molecular complexity index is 298. The van der Waals surface area contributed by atoms with Gasteiger partial charge in [-0.1, -0.05) is 0 Å². The van der Waals surface area contributed by atoms with Crippen LogP contribution in [0.4, 0.5) is 11.4 Å². The van der Waals surface area contributed by atoms with Crippen molar-refractivity contribution in [1.29, 1.82) is 0 Å². The molecule has 0 fully saturated rings. The molecule has 0 saturated carbocycles. The van der Waals surface area contributed by atoms with Gasteiger partial charge in [-0.25, -0.2) is 0 Å². The highest BCUT2D eigenvalue weighted by Gasteiger charge is 2.04. The average molecular weight is 208 g/mol. The fourth-order valence-corrected chi connectivity index (χ4v) is 1.33. The second-order valence-corrected chi connectivity index (χ2v) is 4.10. The molecule has 0 aliphatic heterocycles. The van der Waals surface area contributed by atoms with Crippen molar-refractivity contribution in [3.8, 4) is 0 Å². The van der Waals surface area contributed by atoms with Crippen LogP contribution < -0.4 is 11.1 Å². The number of pyridine rings is 1. The summed E-state index contributed by atoms with van der Waals surface area (Å²) in [4.78, 5) is 6.13. The second kappa shape index (κ2) is 5.56. The molecule has 1 aromatic heterocycles. The summed E-state index contributed by atoms with van der Waals surface area (Å²) >= 11 is 0. The fraction of sp³-hybridized carbons (Fsp3) is 0.545. The Balaban J connectivity index is 2.44. The van der Waals surface area contributed by atoms with Gasteiger partial charge in [-0.05, 0) is 40.1 Å². The number of rotatable bonds is 5. The van der Waals surface area contributed by atoms with E-state index in [0.29, 0.717) is 11.7 Å². The van der Waals surface area contributed by atoms with Crippen molar-refractivity contribution in [3.05, 3.63) is 18.5 Å². The summed E-state index contributed by atoms with van der Waals surface area (Å²) in [5.41, 5.74) is 7.46. The number of nitrogens with one attached hydrogen (secondary N) is 1. The second-order valence-electron chi connectivity index (χ2n) is 4.10. The maximum absolute atomic E-state index is 5.79. The van der Waals surface area contributed by atoms with Gasteiger partial charge in [0, 0.05) is 12.2 Å². The van der Waals surface area contributed by atoms with Gasteiger partial charge < -0.3 is 16.0 Å². The topological polar surface area (TPSA) is 54.2 Å². The predicted molar refractivity (Wildman–Crippen MR) is 64.9 cm³/mol. The van der Waals surface area contributed by atoms with Gasteiger partial charge in [0.05, 0.1) is 17.6 Å². The van der Waals surface area contributed by atoms with Crippen LogP contribution in [-0.2, 0) is 0 Å². The zero-order valence-corrected chi connectivity index (χ0v) is 9.70. The van der Waals surface area contributed by atoms with Gasteiger partial charge >= 0.3 is 0 Å². The molecule has 0 aliphatic carbocycles. The smallest absolute Gasteiger partial charge is 0.0736 e. The van der Waals surface area contributed by atoms with Crippen LogP contribution in [0.5, 0.6) is 0 Å². The van der Waals surface area contributed by atoms with E-state index in [1.807, 2.05) is 6.07 Å². The van der Waals surface area contributed by atoms with Crippen molar-refractivity contribution in [2.75, 3.05) is 31.7 Å². The van der Waals surface area contributed by atoms with Crippen molar-refractivity contribution >= 4 is 11.4 Å². The van der Waals surface area contributed by atoms with E-state index in [1.54, 1.807) is 12.4 Å². The molecule has 0 spiro atoms. The molecule has 1 rings (SSSR count). The molecule has 15 heavy (non-hydrogen) atoms. The van der Waals surface area contributed by atoms with E-state index < -0.39 is 0 Å². The summed E-state index contributed by atoms with van der Waals surface area (Å²) in [7, 11) is 4.15. The van der Waals surface area contributed by atoms with Crippen LogP contribution in [0.2, 0.25) is 0 Å². The molecule has 1 atom stereocenters. The number of nitrogen functional groups attached to an aromatic ring is 1. The van der Waals surface area contributed by atoms with E-state index in [-0.39, 0.29) is 0 Å². The van der Waals surface area contributed by atoms with Crippen LogP contribution in [0.3, 0.4) is 0 Å². The van der Waals surface area contributed by atoms with Crippen molar-refractivity contribution in [2.24, 2.45) is 0 Å². The first-order valence-corrected chi connectivity index (χ1v) is 5.20. The van der Waals surface area contributed by atoms with E-state index in [2.05, 4.69) is 36.2 Å².